The average molecular weight is 325 g/mol. The van der Waals surface area contributed by atoms with Crippen LogP contribution in [0.1, 0.15) is 25.7 Å². The van der Waals surface area contributed by atoms with E-state index >= 15 is 0 Å². The lowest BCUT2D eigenvalue weighted by Gasteiger charge is -2.04. The number of carbonyl (C=O) groups is 2. The van der Waals surface area contributed by atoms with Crippen molar-refractivity contribution in [2.24, 2.45) is 0 Å². The highest BCUT2D eigenvalue weighted by Gasteiger charge is 2.35. The van der Waals surface area contributed by atoms with Crippen molar-refractivity contribution in [1.29, 1.82) is 0 Å². The normalized spacial score (nSPS) is 36.6. The van der Waals surface area contributed by atoms with E-state index < -0.39 is 0 Å². The minimum Gasteiger partial charge on any atom is -0.352 e. The van der Waals surface area contributed by atoms with Crippen molar-refractivity contribution in [3.63, 3.8) is 0 Å². The van der Waals surface area contributed by atoms with Crippen LogP contribution in [0.4, 0.5) is 0 Å². The van der Waals surface area contributed by atoms with E-state index in [0.717, 1.165) is 25.9 Å². The van der Waals surface area contributed by atoms with Crippen molar-refractivity contribution in [2.75, 3.05) is 13.1 Å². The molecule has 0 saturated carbocycles. The third kappa shape index (κ3) is 3.75. The molecule has 0 aromatic heterocycles. The van der Waals surface area contributed by atoms with Gasteiger partial charge < -0.3 is 21.3 Å². The van der Waals surface area contributed by atoms with E-state index in [1.807, 2.05) is 0 Å². The summed E-state index contributed by atoms with van der Waals surface area (Å²) in [6, 6.07) is 1.77. The molecule has 0 aromatic carbocycles. The summed E-state index contributed by atoms with van der Waals surface area (Å²) in [5, 5.41) is 12.4. The number of fused-ring (bicyclic) bond motifs is 2. The van der Waals surface area contributed by atoms with Gasteiger partial charge in [0.25, 0.3) is 0 Å². The molecular weight excluding hydrogens is 303 g/mol. The van der Waals surface area contributed by atoms with Crippen molar-refractivity contribution >= 4 is 36.6 Å². The van der Waals surface area contributed by atoms with E-state index in [1.54, 1.807) is 0 Å². The first-order valence-corrected chi connectivity index (χ1v) is 6.78. The largest absolute Gasteiger partial charge is 0.352 e. The molecule has 4 fully saturated rings. The molecule has 4 atom stereocenters. The predicted molar refractivity (Wildman–Crippen MR) is 80.4 cm³/mol. The molecule has 0 aliphatic carbocycles. The summed E-state index contributed by atoms with van der Waals surface area (Å²) in [5.74, 6) is 0.411. The third-order valence-corrected chi connectivity index (χ3v) is 4.20. The minimum absolute atomic E-state index is 0. The lowest BCUT2D eigenvalue weighted by atomic mass is 10.1. The van der Waals surface area contributed by atoms with E-state index in [9.17, 15) is 9.59 Å². The van der Waals surface area contributed by atoms with E-state index in [4.69, 9.17) is 0 Å². The highest BCUT2D eigenvalue weighted by molar-refractivity contribution is 5.85. The fourth-order valence-corrected chi connectivity index (χ4v) is 3.24. The molecule has 0 bridgehead atoms. The van der Waals surface area contributed by atoms with Crippen LogP contribution in [0.2, 0.25) is 0 Å². The number of rotatable bonds is 0. The molecule has 0 unspecified atom stereocenters. The fourth-order valence-electron chi connectivity index (χ4n) is 3.24. The van der Waals surface area contributed by atoms with E-state index in [0.29, 0.717) is 37.0 Å². The zero-order valence-electron chi connectivity index (χ0n) is 11.2. The molecule has 4 aliphatic heterocycles. The van der Waals surface area contributed by atoms with Gasteiger partial charge in [0, 0.05) is 37.0 Å². The maximum absolute atomic E-state index is 10.7. The Kier molecular flexibility index (Phi) is 6.51. The first-order valence-electron chi connectivity index (χ1n) is 6.78. The Balaban J connectivity index is 0.000000182. The summed E-state index contributed by atoms with van der Waals surface area (Å²) < 4.78 is 0. The summed E-state index contributed by atoms with van der Waals surface area (Å²) in [6.07, 6.45) is 3.59. The summed E-state index contributed by atoms with van der Waals surface area (Å²) in [7, 11) is 0. The molecule has 20 heavy (non-hydrogen) atoms. The molecule has 4 rings (SSSR count). The zero-order valence-corrected chi connectivity index (χ0v) is 12.8. The Morgan fingerprint density at radius 3 is 1.45 bits per heavy atom. The topological polar surface area (TPSA) is 82.3 Å². The molecule has 4 heterocycles. The first kappa shape index (κ1) is 17.5. The number of halogens is 2. The van der Waals surface area contributed by atoms with E-state index in [2.05, 4.69) is 21.3 Å². The van der Waals surface area contributed by atoms with Gasteiger partial charge in [-0.1, -0.05) is 0 Å². The number of hydrogen-bond acceptors (Lipinski definition) is 4. The monoisotopic (exact) mass is 324 g/mol. The number of hydrogen-bond donors (Lipinski definition) is 4. The van der Waals surface area contributed by atoms with Crippen molar-refractivity contribution in [2.45, 2.75) is 49.9 Å². The van der Waals surface area contributed by atoms with Crippen LogP contribution in [0, 0.1) is 0 Å². The molecular formula is C12H22Cl2N4O2. The maximum atomic E-state index is 10.7. The molecule has 0 spiro atoms. The molecule has 0 aromatic rings. The second-order valence-electron chi connectivity index (χ2n) is 5.45. The maximum Gasteiger partial charge on any atom is 0.221 e. The highest BCUT2D eigenvalue weighted by atomic mass is 35.5. The van der Waals surface area contributed by atoms with Gasteiger partial charge in [0.15, 0.2) is 0 Å². The molecule has 4 aliphatic rings. The first-order chi connectivity index (χ1) is 8.72. The van der Waals surface area contributed by atoms with Gasteiger partial charge in [-0.15, -0.1) is 24.8 Å². The van der Waals surface area contributed by atoms with Crippen molar-refractivity contribution in [1.82, 2.24) is 21.3 Å². The van der Waals surface area contributed by atoms with Gasteiger partial charge in [-0.05, 0) is 25.9 Å². The second kappa shape index (κ2) is 7.45. The van der Waals surface area contributed by atoms with Crippen LogP contribution >= 0.6 is 24.8 Å². The number of carbonyl (C=O) groups excluding carboxylic acids is 2. The van der Waals surface area contributed by atoms with Gasteiger partial charge in [-0.2, -0.15) is 0 Å². The fraction of sp³-hybridized carbons (Fsp3) is 0.833. The minimum atomic E-state index is 0. The molecule has 116 valence electrons. The Bertz CT molecular complexity index is 307. The average Bonchev–Trinajstić information content (AvgIpc) is 2.97. The molecule has 4 N–H and O–H groups in total. The summed E-state index contributed by atoms with van der Waals surface area (Å²) in [6.45, 7) is 2.13. The lowest BCUT2D eigenvalue weighted by Crippen LogP contribution is -2.30. The van der Waals surface area contributed by atoms with Gasteiger partial charge >= 0.3 is 0 Å². The van der Waals surface area contributed by atoms with Crippen LogP contribution in [-0.4, -0.2) is 49.1 Å². The molecule has 2 amide bonds. The lowest BCUT2D eigenvalue weighted by molar-refractivity contribution is -0.120. The number of nitrogens with one attached hydrogen (secondary N) is 4. The summed E-state index contributed by atoms with van der Waals surface area (Å²) >= 11 is 0. The van der Waals surface area contributed by atoms with Gasteiger partial charge in [0.05, 0.1) is 0 Å². The van der Waals surface area contributed by atoms with Crippen LogP contribution in [0.5, 0.6) is 0 Å². The van der Waals surface area contributed by atoms with Crippen LogP contribution in [0.15, 0.2) is 0 Å². The molecule has 6 nitrogen and oxygen atoms in total. The van der Waals surface area contributed by atoms with Crippen molar-refractivity contribution in [3.8, 4) is 0 Å². The summed E-state index contributed by atoms with van der Waals surface area (Å²) in [5.41, 5.74) is 0. The van der Waals surface area contributed by atoms with Crippen molar-refractivity contribution in [3.05, 3.63) is 0 Å². The van der Waals surface area contributed by atoms with E-state index in [-0.39, 0.29) is 36.6 Å². The third-order valence-electron chi connectivity index (χ3n) is 4.20. The second-order valence-corrected chi connectivity index (χ2v) is 5.45. The molecule has 8 heteroatoms. The van der Waals surface area contributed by atoms with Gasteiger partial charge in [0.1, 0.15) is 0 Å². The van der Waals surface area contributed by atoms with Crippen LogP contribution in [0.25, 0.3) is 0 Å². The predicted octanol–water partition coefficient (Wildman–Crippen LogP) is -0.683. The zero-order chi connectivity index (χ0) is 12.5. The van der Waals surface area contributed by atoms with Gasteiger partial charge in [-0.25, -0.2) is 0 Å². The molecule has 4 saturated heterocycles. The SMILES string of the molecule is Cl.Cl.O=C1C[C@@H]2NCC[C@@H]2N1.O=C1C[C@H]2NCC[C@H]2N1. The standard InChI is InChI=1S/2C6H10N2O.2ClH/c2*9-6-3-5-4(8-6)1-2-7-5;;/h2*4-5,7H,1-3H2,(H,8,9);2*1H/t2*4-,5-;;/m10../s1. The van der Waals surface area contributed by atoms with Crippen LogP contribution in [0.3, 0.4) is 0 Å². The quantitative estimate of drug-likeness (QED) is 0.476. The van der Waals surface area contributed by atoms with E-state index in [1.165, 1.54) is 0 Å². The van der Waals surface area contributed by atoms with Crippen LogP contribution < -0.4 is 21.3 Å². The Morgan fingerprint density at radius 2 is 1.10 bits per heavy atom. The highest BCUT2D eigenvalue weighted by Crippen LogP contribution is 2.16. The molecule has 0 radical (unpaired) electrons. The smallest absolute Gasteiger partial charge is 0.221 e. The Morgan fingerprint density at radius 1 is 0.700 bits per heavy atom. The van der Waals surface area contributed by atoms with Crippen LogP contribution in [-0.2, 0) is 9.59 Å². The Labute approximate surface area is 131 Å². The van der Waals surface area contributed by atoms with Gasteiger partial charge in [-0.3, -0.25) is 9.59 Å². The van der Waals surface area contributed by atoms with Gasteiger partial charge in [0.2, 0.25) is 11.8 Å². The van der Waals surface area contributed by atoms with Crippen molar-refractivity contribution < 1.29 is 9.59 Å². The number of amides is 2. The Hall–Kier alpha value is -0.560. The summed E-state index contributed by atoms with van der Waals surface area (Å²) in [4.78, 5) is 21.4.